The standard InChI is InChI=1S/C17H27NO5/c1-6-21-14-9-13(17(19)18-12(4)11-20-5)10-15(22-7-2)16(14)23-8-3/h9-10,12H,6-8,11H2,1-5H3,(H,18,19)/t12-/m0/s1. The fourth-order valence-corrected chi connectivity index (χ4v) is 2.12. The monoisotopic (exact) mass is 325 g/mol. The molecule has 1 rings (SSSR count). The molecule has 0 aliphatic carbocycles. The molecule has 1 atom stereocenters. The largest absolute Gasteiger partial charge is 0.490 e. The molecule has 0 aliphatic heterocycles. The molecule has 1 amide bonds. The summed E-state index contributed by atoms with van der Waals surface area (Å²) in [5.74, 6) is 1.33. The molecule has 6 nitrogen and oxygen atoms in total. The van der Waals surface area contributed by atoms with Gasteiger partial charge in [0.15, 0.2) is 11.5 Å². The van der Waals surface area contributed by atoms with Crippen LogP contribution in [0.4, 0.5) is 0 Å². The third-order valence-electron chi connectivity index (χ3n) is 2.97. The van der Waals surface area contributed by atoms with Gasteiger partial charge in [0.1, 0.15) is 0 Å². The topological polar surface area (TPSA) is 66.0 Å². The summed E-state index contributed by atoms with van der Waals surface area (Å²) < 4.78 is 21.9. The summed E-state index contributed by atoms with van der Waals surface area (Å²) in [5.41, 5.74) is 0.461. The number of rotatable bonds is 10. The van der Waals surface area contributed by atoms with Crippen molar-refractivity contribution < 1.29 is 23.7 Å². The Morgan fingerprint density at radius 3 is 2.00 bits per heavy atom. The Labute approximate surface area is 138 Å². The van der Waals surface area contributed by atoms with Gasteiger partial charge in [0, 0.05) is 18.7 Å². The number of methoxy groups -OCH3 is 1. The number of ether oxygens (including phenoxy) is 4. The van der Waals surface area contributed by atoms with Crippen LogP contribution in [-0.2, 0) is 4.74 Å². The molecule has 0 bridgehead atoms. The number of hydrogen-bond acceptors (Lipinski definition) is 5. The third-order valence-corrected chi connectivity index (χ3v) is 2.97. The van der Waals surface area contributed by atoms with Crippen molar-refractivity contribution in [2.24, 2.45) is 0 Å². The summed E-state index contributed by atoms with van der Waals surface area (Å²) in [6.45, 7) is 9.39. The van der Waals surface area contributed by atoms with Crippen LogP contribution in [0.15, 0.2) is 12.1 Å². The lowest BCUT2D eigenvalue weighted by Crippen LogP contribution is -2.35. The van der Waals surface area contributed by atoms with E-state index in [1.165, 1.54) is 0 Å². The fourth-order valence-electron chi connectivity index (χ4n) is 2.12. The van der Waals surface area contributed by atoms with E-state index in [0.29, 0.717) is 49.2 Å². The van der Waals surface area contributed by atoms with E-state index in [1.807, 2.05) is 27.7 Å². The van der Waals surface area contributed by atoms with Crippen LogP contribution in [0.25, 0.3) is 0 Å². The SMILES string of the molecule is CCOc1cc(C(=O)N[C@@H](C)COC)cc(OCC)c1OCC. The molecule has 0 radical (unpaired) electrons. The molecule has 6 heteroatoms. The first-order chi connectivity index (χ1) is 11.1. The predicted molar refractivity (Wildman–Crippen MR) is 88.8 cm³/mol. The summed E-state index contributed by atoms with van der Waals surface area (Å²) in [7, 11) is 1.60. The summed E-state index contributed by atoms with van der Waals surface area (Å²) >= 11 is 0. The summed E-state index contributed by atoms with van der Waals surface area (Å²) in [6.07, 6.45) is 0. The molecule has 0 heterocycles. The highest BCUT2D eigenvalue weighted by molar-refractivity contribution is 5.95. The van der Waals surface area contributed by atoms with Crippen LogP contribution >= 0.6 is 0 Å². The van der Waals surface area contributed by atoms with E-state index < -0.39 is 0 Å². The molecule has 130 valence electrons. The smallest absolute Gasteiger partial charge is 0.251 e. The van der Waals surface area contributed by atoms with Crippen molar-refractivity contribution in [3.63, 3.8) is 0 Å². The molecular formula is C17H27NO5. The van der Waals surface area contributed by atoms with Gasteiger partial charge < -0.3 is 24.3 Å². The zero-order chi connectivity index (χ0) is 17.2. The van der Waals surface area contributed by atoms with Crippen LogP contribution in [0.1, 0.15) is 38.1 Å². The van der Waals surface area contributed by atoms with E-state index in [9.17, 15) is 4.79 Å². The Bertz CT molecular complexity index is 477. The summed E-state index contributed by atoms with van der Waals surface area (Å²) in [6, 6.07) is 3.25. The number of benzene rings is 1. The van der Waals surface area contributed by atoms with Gasteiger partial charge in [-0.3, -0.25) is 4.79 Å². The second-order valence-electron chi connectivity index (χ2n) is 4.93. The molecule has 0 aliphatic rings. The maximum absolute atomic E-state index is 12.4. The van der Waals surface area contributed by atoms with E-state index in [-0.39, 0.29) is 11.9 Å². The first kappa shape index (κ1) is 19.1. The second-order valence-corrected chi connectivity index (χ2v) is 4.93. The second kappa shape index (κ2) is 9.94. The minimum atomic E-state index is -0.209. The van der Waals surface area contributed by atoms with Gasteiger partial charge in [-0.1, -0.05) is 0 Å². The van der Waals surface area contributed by atoms with Crippen LogP contribution in [0.2, 0.25) is 0 Å². The van der Waals surface area contributed by atoms with Crippen molar-refractivity contribution in [3.8, 4) is 17.2 Å². The van der Waals surface area contributed by atoms with Crippen LogP contribution in [0.3, 0.4) is 0 Å². The van der Waals surface area contributed by atoms with Crippen molar-refractivity contribution in [3.05, 3.63) is 17.7 Å². The van der Waals surface area contributed by atoms with E-state index >= 15 is 0 Å². The van der Waals surface area contributed by atoms with Crippen molar-refractivity contribution in [1.82, 2.24) is 5.32 Å². The Balaban J connectivity index is 3.14. The van der Waals surface area contributed by atoms with Gasteiger partial charge in [-0.15, -0.1) is 0 Å². The molecule has 1 aromatic rings. The normalized spacial score (nSPS) is 11.7. The fraction of sp³-hybridized carbons (Fsp3) is 0.588. The first-order valence-corrected chi connectivity index (χ1v) is 7.93. The van der Waals surface area contributed by atoms with Crippen molar-refractivity contribution >= 4 is 5.91 Å². The predicted octanol–water partition coefficient (Wildman–Crippen LogP) is 2.65. The Kier molecular flexibility index (Phi) is 8.26. The molecule has 0 spiro atoms. The lowest BCUT2D eigenvalue weighted by molar-refractivity contribution is 0.0904. The van der Waals surface area contributed by atoms with Crippen LogP contribution in [0, 0.1) is 0 Å². The quantitative estimate of drug-likeness (QED) is 0.716. The van der Waals surface area contributed by atoms with Crippen LogP contribution in [-0.4, -0.2) is 45.5 Å². The summed E-state index contributed by atoms with van der Waals surface area (Å²) in [4.78, 5) is 12.4. The zero-order valence-electron chi connectivity index (χ0n) is 14.6. The molecule has 0 saturated heterocycles. The molecule has 0 fully saturated rings. The minimum Gasteiger partial charge on any atom is -0.490 e. The van der Waals surface area contributed by atoms with Gasteiger partial charge in [0.25, 0.3) is 5.91 Å². The maximum Gasteiger partial charge on any atom is 0.251 e. The minimum absolute atomic E-state index is 0.0924. The van der Waals surface area contributed by atoms with E-state index in [4.69, 9.17) is 18.9 Å². The van der Waals surface area contributed by atoms with Gasteiger partial charge in [0.2, 0.25) is 5.75 Å². The molecule has 23 heavy (non-hydrogen) atoms. The van der Waals surface area contributed by atoms with Gasteiger partial charge in [0.05, 0.1) is 26.4 Å². The van der Waals surface area contributed by atoms with Gasteiger partial charge in [-0.05, 0) is 39.8 Å². The van der Waals surface area contributed by atoms with Gasteiger partial charge in [-0.25, -0.2) is 0 Å². The highest BCUT2D eigenvalue weighted by atomic mass is 16.5. The van der Waals surface area contributed by atoms with Crippen LogP contribution in [0.5, 0.6) is 17.2 Å². The molecule has 1 N–H and O–H groups in total. The molecular weight excluding hydrogens is 298 g/mol. The van der Waals surface area contributed by atoms with Crippen molar-refractivity contribution in [1.29, 1.82) is 0 Å². The molecule has 0 aromatic heterocycles. The highest BCUT2D eigenvalue weighted by Crippen LogP contribution is 2.39. The zero-order valence-corrected chi connectivity index (χ0v) is 14.6. The van der Waals surface area contributed by atoms with E-state index in [2.05, 4.69) is 5.32 Å². The Morgan fingerprint density at radius 1 is 1.04 bits per heavy atom. The van der Waals surface area contributed by atoms with Crippen molar-refractivity contribution in [2.45, 2.75) is 33.7 Å². The Morgan fingerprint density at radius 2 is 1.57 bits per heavy atom. The average Bonchev–Trinajstić information content (AvgIpc) is 2.50. The van der Waals surface area contributed by atoms with E-state index in [1.54, 1.807) is 19.2 Å². The van der Waals surface area contributed by atoms with Crippen molar-refractivity contribution in [2.75, 3.05) is 33.5 Å². The lowest BCUT2D eigenvalue weighted by atomic mass is 10.1. The molecule has 1 aromatic carbocycles. The number of carbonyl (C=O) groups is 1. The lowest BCUT2D eigenvalue weighted by Gasteiger charge is -2.18. The van der Waals surface area contributed by atoms with Gasteiger partial charge >= 0.3 is 0 Å². The number of amides is 1. The third kappa shape index (κ3) is 5.63. The first-order valence-electron chi connectivity index (χ1n) is 7.93. The van der Waals surface area contributed by atoms with Crippen LogP contribution < -0.4 is 19.5 Å². The molecule has 0 saturated carbocycles. The number of carbonyl (C=O) groups excluding carboxylic acids is 1. The maximum atomic E-state index is 12.4. The average molecular weight is 325 g/mol. The number of hydrogen-bond donors (Lipinski definition) is 1. The molecule has 0 unspecified atom stereocenters. The van der Waals surface area contributed by atoms with Gasteiger partial charge in [-0.2, -0.15) is 0 Å². The van der Waals surface area contributed by atoms with E-state index in [0.717, 1.165) is 0 Å². The number of nitrogens with one attached hydrogen (secondary N) is 1. The Hall–Kier alpha value is -1.95. The summed E-state index contributed by atoms with van der Waals surface area (Å²) in [5, 5.41) is 2.87. The highest BCUT2D eigenvalue weighted by Gasteiger charge is 2.19.